The zero-order valence-corrected chi connectivity index (χ0v) is 18.5. The second-order valence-corrected chi connectivity index (χ2v) is 7.68. The first kappa shape index (κ1) is 23.8. The lowest BCUT2D eigenvalue weighted by Crippen LogP contribution is -2.42. The number of ether oxygens (including phenoxy) is 1. The highest BCUT2D eigenvalue weighted by Gasteiger charge is 2.15. The van der Waals surface area contributed by atoms with E-state index < -0.39 is 11.7 Å². The maximum absolute atomic E-state index is 12.0. The quantitative estimate of drug-likeness (QED) is 0.291. The molecule has 4 N–H and O–H groups in total. The van der Waals surface area contributed by atoms with Crippen molar-refractivity contribution in [3.05, 3.63) is 54.0 Å². The normalized spacial score (nSPS) is 11.5. The third-order valence-electron chi connectivity index (χ3n) is 3.81. The van der Waals surface area contributed by atoms with Gasteiger partial charge in [0.25, 0.3) is 5.91 Å². The Labute approximate surface area is 182 Å². The van der Waals surface area contributed by atoms with Gasteiger partial charge in [-0.2, -0.15) is 0 Å². The summed E-state index contributed by atoms with van der Waals surface area (Å²) in [7, 11) is 0. The lowest BCUT2D eigenvalue weighted by molar-refractivity contribution is 0.0528. The molecule has 0 radical (unpaired) electrons. The standard InChI is InChI=1S/C22H31N5O4/c1-5-23-20(24-12-13-25-21(29)31-22(2,3)4)26-15-16-8-10-17(11-9-16)27-19(28)18-7-6-14-30-18/h6-11,14H,5,12-13,15H2,1-4H3,(H,25,29)(H,27,28)(H2,23,24,26). The van der Waals surface area contributed by atoms with E-state index in [2.05, 4.69) is 26.3 Å². The van der Waals surface area contributed by atoms with Crippen LogP contribution in [0, 0.1) is 0 Å². The van der Waals surface area contributed by atoms with Crippen molar-refractivity contribution >= 4 is 23.6 Å². The van der Waals surface area contributed by atoms with E-state index in [1.807, 2.05) is 52.0 Å². The number of carbonyl (C=O) groups excluding carboxylic acids is 2. The van der Waals surface area contributed by atoms with Crippen LogP contribution in [0.1, 0.15) is 43.8 Å². The molecule has 0 aliphatic rings. The van der Waals surface area contributed by atoms with Crippen LogP contribution in [0.2, 0.25) is 0 Å². The molecule has 1 aromatic heterocycles. The van der Waals surface area contributed by atoms with Gasteiger partial charge in [0.15, 0.2) is 11.7 Å². The van der Waals surface area contributed by atoms with Crippen molar-refractivity contribution in [3.63, 3.8) is 0 Å². The predicted molar refractivity (Wildman–Crippen MR) is 120 cm³/mol. The van der Waals surface area contributed by atoms with Crippen molar-refractivity contribution in [1.82, 2.24) is 16.0 Å². The summed E-state index contributed by atoms with van der Waals surface area (Å²) >= 11 is 0. The average Bonchev–Trinajstić information content (AvgIpc) is 3.24. The maximum atomic E-state index is 12.0. The Morgan fingerprint density at radius 2 is 1.74 bits per heavy atom. The van der Waals surface area contributed by atoms with E-state index in [1.54, 1.807) is 12.1 Å². The highest BCUT2D eigenvalue weighted by Crippen LogP contribution is 2.12. The first-order chi connectivity index (χ1) is 14.8. The van der Waals surface area contributed by atoms with E-state index in [4.69, 9.17) is 9.15 Å². The van der Waals surface area contributed by atoms with E-state index >= 15 is 0 Å². The van der Waals surface area contributed by atoms with Gasteiger partial charge < -0.3 is 30.4 Å². The summed E-state index contributed by atoms with van der Waals surface area (Å²) in [6.07, 6.45) is 1.01. The van der Waals surface area contributed by atoms with Gasteiger partial charge in [-0.05, 0) is 57.5 Å². The van der Waals surface area contributed by atoms with E-state index in [0.717, 1.165) is 5.56 Å². The van der Waals surface area contributed by atoms with Crippen molar-refractivity contribution in [2.24, 2.45) is 4.99 Å². The minimum atomic E-state index is -0.523. The molecule has 0 saturated heterocycles. The van der Waals surface area contributed by atoms with Gasteiger partial charge in [0.2, 0.25) is 0 Å². The monoisotopic (exact) mass is 429 g/mol. The van der Waals surface area contributed by atoms with Gasteiger partial charge in [0.1, 0.15) is 5.60 Å². The fraction of sp³-hybridized carbons (Fsp3) is 0.409. The number of benzene rings is 1. The number of furan rings is 1. The van der Waals surface area contributed by atoms with E-state index in [0.29, 0.717) is 37.8 Å². The highest BCUT2D eigenvalue weighted by molar-refractivity contribution is 6.02. The summed E-state index contributed by atoms with van der Waals surface area (Å²) in [6.45, 7) is 9.52. The smallest absolute Gasteiger partial charge is 0.407 e. The lowest BCUT2D eigenvalue weighted by Gasteiger charge is -2.19. The van der Waals surface area contributed by atoms with Crippen LogP contribution in [0.3, 0.4) is 0 Å². The number of nitrogens with zero attached hydrogens (tertiary/aromatic N) is 1. The van der Waals surface area contributed by atoms with Crippen molar-refractivity contribution in [2.45, 2.75) is 39.8 Å². The number of alkyl carbamates (subject to hydrolysis) is 1. The summed E-state index contributed by atoms with van der Waals surface area (Å²) in [5.74, 6) is 0.606. The number of aliphatic imine (C=N–C) groups is 1. The third kappa shape index (κ3) is 9.24. The summed E-state index contributed by atoms with van der Waals surface area (Å²) in [5.41, 5.74) is 1.14. The van der Waals surface area contributed by atoms with Crippen LogP contribution in [-0.2, 0) is 11.3 Å². The average molecular weight is 430 g/mol. The summed E-state index contributed by atoms with van der Waals surface area (Å²) in [4.78, 5) is 28.2. The van der Waals surface area contributed by atoms with Crippen molar-refractivity contribution < 1.29 is 18.7 Å². The maximum Gasteiger partial charge on any atom is 0.407 e. The number of hydrogen-bond donors (Lipinski definition) is 4. The van der Waals surface area contributed by atoms with Gasteiger partial charge in [-0.15, -0.1) is 0 Å². The van der Waals surface area contributed by atoms with Crippen LogP contribution in [-0.4, -0.2) is 43.2 Å². The van der Waals surface area contributed by atoms with Gasteiger partial charge in [0.05, 0.1) is 12.8 Å². The molecular weight excluding hydrogens is 398 g/mol. The molecule has 2 aromatic rings. The molecule has 0 saturated carbocycles. The van der Waals surface area contributed by atoms with E-state index in [9.17, 15) is 9.59 Å². The van der Waals surface area contributed by atoms with E-state index in [1.165, 1.54) is 6.26 Å². The highest BCUT2D eigenvalue weighted by atomic mass is 16.6. The second-order valence-electron chi connectivity index (χ2n) is 7.68. The molecule has 168 valence electrons. The molecule has 9 heteroatoms. The summed E-state index contributed by atoms with van der Waals surface area (Å²) in [6, 6.07) is 10.7. The Bertz CT molecular complexity index is 855. The van der Waals surface area contributed by atoms with E-state index in [-0.39, 0.29) is 11.7 Å². The minimum Gasteiger partial charge on any atom is -0.459 e. The fourth-order valence-corrected chi connectivity index (χ4v) is 2.47. The molecule has 9 nitrogen and oxygen atoms in total. The first-order valence-electron chi connectivity index (χ1n) is 10.2. The molecule has 0 aliphatic carbocycles. The number of rotatable bonds is 8. The largest absolute Gasteiger partial charge is 0.459 e. The van der Waals surface area contributed by atoms with Crippen LogP contribution in [0.25, 0.3) is 0 Å². The molecule has 0 atom stereocenters. The zero-order valence-electron chi connectivity index (χ0n) is 18.5. The second kappa shape index (κ2) is 11.6. The molecule has 0 spiro atoms. The molecular formula is C22H31N5O4. The molecule has 31 heavy (non-hydrogen) atoms. The number of anilines is 1. The zero-order chi connectivity index (χ0) is 22.7. The van der Waals surface area contributed by atoms with Gasteiger partial charge in [-0.25, -0.2) is 9.79 Å². The topological polar surface area (TPSA) is 117 Å². The Balaban J connectivity index is 1.80. The number of carbonyl (C=O) groups is 2. The molecule has 0 unspecified atom stereocenters. The van der Waals surface area contributed by atoms with Gasteiger partial charge >= 0.3 is 6.09 Å². The number of nitrogens with one attached hydrogen (secondary N) is 4. The Kier molecular flexibility index (Phi) is 8.93. The third-order valence-corrected chi connectivity index (χ3v) is 3.81. The van der Waals surface area contributed by atoms with Gasteiger partial charge in [-0.1, -0.05) is 12.1 Å². The van der Waals surface area contributed by atoms with Crippen LogP contribution in [0.4, 0.5) is 10.5 Å². The molecule has 1 heterocycles. The Morgan fingerprint density at radius 3 is 2.35 bits per heavy atom. The van der Waals surface area contributed by atoms with Gasteiger partial charge in [-0.3, -0.25) is 4.79 Å². The predicted octanol–water partition coefficient (Wildman–Crippen LogP) is 3.11. The van der Waals surface area contributed by atoms with Gasteiger partial charge in [0, 0.05) is 25.3 Å². The molecule has 1 aromatic carbocycles. The molecule has 2 amide bonds. The van der Waals surface area contributed by atoms with Crippen LogP contribution >= 0.6 is 0 Å². The molecule has 0 fully saturated rings. The van der Waals surface area contributed by atoms with Crippen molar-refractivity contribution in [3.8, 4) is 0 Å². The SMILES string of the molecule is CCNC(=NCc1ccc(NC(=O)c2ccco2)cc1)NCCNC(=O)OC(C)(C)C. The van der Waals surface area contributed by atoms with Crippen LogP contribution in [0.5, 0.6) is 0 Å². The first-order valence-corrected chi connectivity index (χ1v) is 10.2. The Morgan fingerprint density at radius 1 is 1.03 bits per heavy atom. The molecule has 0 aliphatic heterocycles. The summed E-state index contributed by atoms with van der Waals surface area (Å²) < 4.78 is 10.3. The van der Waals surface area contributed by atoms with Crippen molar-refractivity contribution in [1.29, 1.82) is 0 Å². The minimum absolute atomic E-state index is 0.260. The lowest BCUT2D eigenvalue weighted by atomic mass is 10.2. The Hall–Kier alpha value is -3.49. The van der Waals surface area contributed by atoms with Crippen LogP contribution < -0.4 is 21.3 Å². The number of amides is 2. The number of guanidine groups is 1. The van der Waals surface area contributed by atoms with Crippen LogP contribution in [0.15, 0.2) is 52.1 Å². The number of hydrogen-bond acceptors (Lipinski definition) is 5. The van der Waals surface area contributed by atoms with Crippen molar-refractivity contribution in [2.75, 3.05) is 25.0 Å². The molecule has 2 rings (SSSR count). The fourth-order valence-electron chi connectivity index (χ4n) is 2.47. The summed E-state index contributed by atoms with van der Waals surface area (Å²) in [5, 5.41) is 11.8. The molecule has 0 bridgehead atoms.